The summed E-state index contributed by atoms with van der Waals surface area (Å²) in [6.45, 7) is 1.72. The number of phenolic OH excluding ortho intramolecular Hbond substituents is 1. The lowest BCUT2D eigenvalue weighted by atomic mass is 9.95. The van der Waals surface area contributed by atoms with Crippen molar-refractivity contribution in [1.29, 1.82) is 0 Å². The van der Waals surface area contributed by atoms with Gasteiger partial charge in [0.2, 0.25) is 0 Å². The van der Waals surface area contributed by atoms with E-state index < -0.39 is 42.3 Å². The number of esters is 1. The van der Waals surface area contributed by atoms with Crippen LogP contribution < -0.4 is 4.74 Å². The molecule has 1 fully saturated rings. The van der Waals surface area contributed by atoms with Crippen LogP contribution in [-0.4, -0.2) is 70.1 Å². The third-order valence-corrected chi connectivity index (χ3v) is 6.34. The van der Waals surface area contributed by atoms with Gasteiger partial charge >= 0.3 is 5.97 Å². The smallest absolute Gasteiger partial charge is 0.342 e. The summed E-state index contributed by atoms with van der Waals surface area (Å²) in [5.41, 5.74) is 0.348. The van der Waals surface area contributed by atoms with Gasteiger partial charge in [0.25, 0.3) is 0 Å². The molecule has 2 heterocycles. The van der Waals surface area contributed by atoms with Crippen molar-refractivity contribution in [2.45, 2.75) is 62.0 Å². The zero-order valence-electron chi connectivity index (χ0n) is 16.5. The van der Waals surface area contributed by atoms with Crippen LogP contribution in [0, 0.1) is 0 Å². The number of benzene rings is 1. The Morgan fingerprint density at radius 3 is 2.59 bits per heavy atom. The van der Waals surface area contributed by atoms with E-state index in [1.807, 2.05) is 6.26 Å². The summed E-state index contributed by atoms with van der Waals surface area (Å²) in [4.78, 5) is 25.2. The molecule has 2 aliphatic rings. The van der Waals surface area contributed by atoms with Gasteiger partial charge in [0.1, 0.15) is 35.4 Å². The van der Waals surface area contributed by atoms with E-state index in [0.717, 1.165) is 0 Å². The highest BCUT2D eigenvalue weighted by atomic mass is 32.2. The number of aliphatic hydroxyl groups is 2. The molecule has 3 N–H and O–H groups in total. The third-order valence-electron chi connectivity index (χ3n) is 5.29. The number of ketones is 1. The van der Waals surface area contributed by atoms with Crippen LogP contribution in [0.2, 0.25) is 0 Å². The maximum Gasteiger partial charge on any atom is 0.342 e. The maximum absolute atomic E-state index is 12.8. The summed E-state index contributed by atoms with van der Waals surface area (Å²) in [6.07, 6.45) is -2.08. The Morgan fingerprint density at radius 2 is 1.93 bits per heavy atom. The van der Waals surface area contributed by atoms with Crippen LogP contribution in [0.5, 0.6) is 11.5 Å². The van der Waals surface area contributed by atoms with E-state index in [9.17, 15) is 24.9 Å². The highest BCUT2D eigenvalue weighted by molar-refractivity contribution is 7.99. The zero-order valence-corrected chi connectivity index (χ0v) is 17.3. The normalized spacial score (nSPS) is 33.1. The summed E-state index contributed by atoms with van der Waals surface area (Å²) >= 11 is 1.46. The van der Waals surface area contributed by atoms with Crippen LogP contribution >= 0.6 is 11.8 Å². The molecule has 29 heavy (non-hydrogen) atoms. The minimum atomic E-state index is -1.51. The number of hydrogen-bond acceptors (Lipinski definition) is 9. The molecular weight excluding hydrogens is 400 g/mol. The lowest BCUT2D eigenvalue weighted by Crippen LogP contribution is -2.37. The second kappa shape index (κ2) is 8.91. The molecule has 6 atom stereocenters. The summed E-state index contributed by atoms with van der Waals surface area (Å²) < 4.78 is 16.3. The van der Waals surface area contributed by atoms with Gasteiger partial charge in [-0.3, -0.25) is 4.79 Å². The van der Waals surface area contributed by atoms with Crippen molar-refractivity contribution < 1.29 is 39.1 Å². The van der Waals surface area contributed by atoms with Crippen molar-refractivity contribution in [3.8, 4) is 11.5 Å². The van der Waals surface area contributed by atoms with Crippen molar-refractivity contribution in [1.82, 2.24) is 0 Å². The number of epoxide rings is 1. The van der Waals surface area contributed by atoms with Crippen molar-refractivity contribution >= 4 is 23.5 Å². The number of thioether (sulfide) groups is 1. The number of aliphatic hydroxyl groups excluding tert-OH is 2. The monoisotopic (exact) mass is 426 g/mol. The van der Waals surface area contributed by atoms with Crippen LogP contribution in [-0.2, 0) is 14.3 Å². The fraction of sp³-hybridized carbons (Fsp3) is 0.600. The number of rotatable bonds is 2. The fourth-order valence-electron chi connectivity index (χ4n) is 3.64. The Labute approximate surface area is 173 Å². The average Bonchev–Trinajstić information content (AvgIpc) is 3.43. The molecule has 8 nitrogen and oxygen atoms in total. The van der Waals surface area contributed by atoms with Gasteiger partial charge in [0.05, 0.1) is 19.3 Å². The Bertz CT molecular complexity index is 782. The number of aromatic hydroxyl groups is 1. The summed E-state index contributed by atoms with van der Waals surface area (Å²) in [7, 11) is 1.43. The molecule has 0 aliphatic carbocycles. The fourth-order valence-corrected chi connectivity index (χ4v) is 4.49. The molecule has 160 valence electrons. The van der Waals surface area contributed by atoms with Crippen LogP contribution in [0.3, 0.4) is 0 Å². The molecule has 0 saturated carbocycles. The van der Waals surface area contributed by atoms with Crippen molar-refractivity contribution in [2.24, 2.45) is 0 Å². The third kappa shape index (κ3) is 4.85. The Kier molecular flexibility index (Phi) is 6.72. The van der Waals surface area contributed by atoms with Crippen LogP contribution in [0.15, 0.2) is 12.1 Å². The lowest BCUT2D eigenvalue weighted by molar-refractivity contribution is -0.133. The quantitative estimate of drug-likeness (QED) is 0.477. The van der Waals surface area contributed by atoms with Crippen molar-refractivity contribution in [2.75, 3.05) is 13.4 Å². The second-order valence-electron chi connectivity index (χ2n) is 7.43. The van der Waals surface area contributed by atoms with E-state index in [-0.39, 0.29) is 29.4 Å². The summed E-state index contributed by atoms with van der Waals surface area (Å²) in [6, 6.07) is 2.89. The van der Waals surface area contributed by atoms with Gasteiger partial charge in [-0.15, -0.1) is 0 Å². The highest BCUT2D eigenvalue weighted by Crippen LogP contribution is 2.46. The molecule has 0 radical (unpaired) electrons. The molecule has 0 spiro atoms. The van der Waals surface area contributed by atoms with Crippen LogP contribution in [0.1, 0.15) is 48.2 Å². The molecule has 2 unspecified atom stereocenters. The Hall–Kier alpha value is -1.81. The molecule has 3 rings (SSSR count). The van der Waals surface area contributed by atoms with Crippen LogP contribution in [0.25, 0.3) is 0 Å². The van der Waals surface area contributed by atoms with E-state index in [4.69, 9.17) is 14.2 Å². The van der Waals surface area contributed by atoms with E-state index in [1.54, 1.807) is 13.0 Å². The van der Waals surface area contributed by atoms with E-state index in [2.05, 4.69) is 0 Å². The number of carbonyl (C=O) groups is 2. The summed E-state index contributed by atoms with van der Waals surface area (Å²) in [5.74, 6) is -1.17. The number of ether oxygens (including phenoxy) is 3. The second-order valence-corrected chi connectivity index (χ2v) is 8.57. The first kappa shape index (κ1) is 21.9. The predicted octanol–water partition coefficient (Wildman–Crippen LogP) is 1.59. The highest BCUT2D eigenvalue weighted by Gasteiger charge is 2.46. The number of carbonyl (C=O) groups excluding carboxylic acids is 2. The van der Waals surface area contributed by atoms with Gasteiger partial charge in [-0.2, -0.15) is 11.8 Å². The van der Waals surface area contributed by atoms with Gasteiger partial charge in [-0.05, 0) is 32.1 Å². The number of Topliss-reactive ketones (excluding diaryl/α,β-unsaturated/α-hetero) is 1. The standard InChI is InChI=1S/C20H26O8S/c1-9-4-11(29-3)7-14(22)18(24)15(23)8-16-19(28-16)12-5-10(26-2)6-13(21)17(12)20(25)27-9/h5-6,9,11,14,16,18-19,21-22,24H,4,7-8H2,1-3H3/t9-,11?,14?,16+,18+,19+/m0/s1. The minimum absolute atomic E-state index is 0.0176. The minimum Gasteiger partial charge on any atom is -0.507 e. The van der Waals surface area contributed by atoms with E-state index in [0.29, 0.717) is 17.7 Å². The predicted molar refractivity (Wildman–Crippen MR) is 105 cm³/mol. The molecule has 1 aromatic rings. The van der Waals surface area contributed by atoms with Gasteiger partial charge in [-0.1, -0.05) is 0 Å². The molecule has 0 amide bonds. The average molecular weight is 426 g/mol. The molecule has 1 saturated heterocycles. The largest absolute Gasteiger partial charge is 0.507 e. The number of hydrogen-bond donors (Lipinski definition) is 3. The van der Waals surface area contributed by atoms with Crippen molar-refractivity contribution in [3.05, 3.63) is 23.3 Å². The number of cyclic esters (lactones) is 1. The SMILES string of the molecule is COc1cc(O)c2c(c1)[C@H]1O[C@@H]1CC(=O)[C@H](O)C(O)CC(SC)C[C@H](C)OC2=O. The molecule has 0 aromatic heterocycles. The molecule has 0 bridgehead atoms. The molecule has 2 aliphatic heterocycles. The Morgan fingerprint density at radius 1 is 1.21 bits per heavy atom. The first-order valence-corrected chi connectivity index (χ1v) is 10.7. The Balaban J connectivity index is 1.97. The zero-order chi connectivity index (χ0) is 21.3. The first-order valence-electron chi connectivity index (χ1n) is 9.44. The number of phenols is 1. The maximum atomic E-state index is 12.8. The molecular formula is C20H26O8S. The van der Waals surface area contributed by atoms with E-state index >= 15 is 0 Å². The molecule has 9 heteroatoms. The first-order chi connectivity index (χ1) is 13.7. The topological polar surface area (TPSA) is 126 Å². The number of methoxy groups -OCH3 is 1. The van der Waals surface area contributed by atoms with Crippen LogP contribution in [0.4, 0.5) is 0 Å². The van der Waals surface area contributed by atoms with E-state index in [1.165, 1.54) is 24.9 Å². The lowest BCUT2D eigenvalue weighted by Gasteiger charge is -2.24. The van der Waals surface area contributed by atoms with Gasteiger partial charge < -0.3 is 29.5 Å². The summed E-state index contributed by atoms with van der Waals surface area (Å²) in [5, 5.41) is 30.8. The van der Waals surface area contributed by atoms with Crippen molar-refractivity contribution in [3.63, 3.8) is 0 Å². The van der Waals surface area contributed by atoms with Gasteiger partial charge in [-0.25, -0.2) is 4.79 Å². The molecule has 1 aromatic carbocycles. The van der Waals surface area contributed by atoms with Gasteiger partial charge in [0.15, 0.2) is 5.78 Å². The number of fused-ring (bicyclic) bond motifs is 3. The van der Waals surface area contributed by atoms with Gasteiger partial charge in [0, 0.05) is 23.3 Å².